The van der Waals surface area contributed by atoms with Crippen LogP contribution in [0.4, 0.5) is 0 Å². The number of ether oxygens (including phenoxy) is 1. The number of hydrogen-bond acceptors (Lipinski definition) is 5. The van der Waals surface area contributed by atoms with Crippen LogP contribution in [0.15, 0.2) is 28.8 Å². The average Bonchev–Trinajstić information content (AvgIpc) is 3.07. The van der Waals surface area contributed by atoms with E-state index in [-0.39, 0.29) is 17.9 Å². The summed E-state index contributed by atoms with van der Waals surface area (Å²) < 4.78 is 10.8. The Hall–Kier alpha value is -2.37. The molecular formula is C17H21N3O3. The lowest BCUT2D eigenvalue weighted by atomic mass is 10.1. The third-order valence-corrected chi connectivity index (χ3v) is 3.78. The highest BCUT2D eigenvalue weighted by atomic mass is 16.5. The van der Waals surface area contributed by atoms with E-state index in [1.165, 1.54) is 0 Å². The van der Waals surface area contributed by atoms with E-state index in [2.05, 4.69) is 10.1 Å². The number of aromatic nitrogens is 2. The highest BCUT2D eigenvalue weighted by Crippen LogP contribution is 2.28. The smallest absolute Gasteiger partial charge is 0.232 e. The van der Waals surface area contributed by atoms with E-state index in [0.717, 1.165) is 11.3 Å². The minimum atomic E-state index is -0.00718. The molecule has 2 aromatic rings. The van der Waals surface area contributed by atoms with Crippen molar-refractivity contribution in [1.29, 1.82) is 0 Å². The molecule has 6 heteroatoms. The van der Waals surface area contributed by atoms with E-state index >= 15 is 0 Å². The van der Waals surface area contributed by atoms with Crippen molar-refractivity contribution in [3.05, 3.63) is 41.5 Å². The number of hydrogen-bond donors (Lipinski definition) is 0. The summed E-state index contributed by atoms with van der Waals surface area (Å²) in [6, 6.07) is 7.87. The van der Waals surface area contributed by atoms with Gasteiger partial charge in [0.05, 0.1) is 12.0 Å². The minimum absolute atomic E-state index is 0.00718. The fourth-order valence-electron chi connectivity index (χ4n) is 2.74. The number of likely N-dealkylation sites (tertiary alicyclic amines) is 1. The molecular weight excluding hydrogens is 294 g/mol. The topological polar surface area (TPSA) is 68.5 Å². The number of rotatable bonds is 5. The highest BCUT2D eigenvalue weighted by molar-refractivity contribution is 5.79. The van der Waals surface area contributed by atoms with Crippen molar-refractivity contribution in [3.8, 4) is 5.75 Å². The first kappa shape index (κ1) is 15.5. The van der Waals surface area contributed by atoms with E-state index < -0.39 is 0 Å². The summed E-state index contributed by atoms with van der Waals surface area (Å²) in [6.45, 7) is 6.98. The monoisotopic (exact) mass is 315 g/mol. The van der Waals surface area contributed by atoms with Crippen molar-refractivity contribution in [2.75, 3.05) is 6.54 Å². The van der Waals surface area contributed by atoms with Gasteiger partial charge in [0.15, 0.2) is 5.82 Å². The Bertz CT molecular complexity index is 679. The van der Waals surface area contributed by atoms with E-state index in [4.69, 9.17) is 9.26 Å². The fraction of sp³-hybridized carbons (Fsp3) is 0.471. The normalized spacial score (nSPS) is 18.0. The Balaban J connectivity index is 1.63. The van der Waals surface area contributed by atoms with Crippen molar-refractivity contribution in [3.63, 3.8) is 0 Å². The number of amides is 1. The summed E-state index contributed by atoms with van der Waals surface area (Å²) in [7, 11) is 0. The third-order valence-electron chi connectivity index (χ3n) is 3.78. The molecule has 1 aromatic carbocycles. The molecule has 1 aromatic heterocycles. The molecule has 23 heavy (non-hydrogen) atoms. The minimum Gasteiger partial charge on any atom is -0.491 e. The Labute approximate surface area is 135 Å². The summed E-state index contributed by atoms with van der Waals surface area (Å²) in [5.41, 5.74) is 1.08. The van der Waals surface area contributed by atoms with Crippen molar-refractivity contribution in [2.45, 2.75) is 45.8 Å². The Morgan fingerprint density at radius 1 is 1.35 bits per heavy atom. The maximum Gasteiger partial charge on any atom is 0.232 e. The SMILES string of the molecule is Cc1noc(C2CC(=O)N(Cc3ccc(OC(C)C)cc3)C2)n1. The average molecular weight is 315 g/mol. The zero-order valence-corrected chi connectivity index (χ0v) is 13.7. The van der Waals surface area contributed by atoms with Gasteiger partial charge in [0, 0.05) is 19.5 Å². The molecule has 0 aliphatic carbocycles. The maximum atomic E-state index is 12.2. The molecule has 0 saturated carbocycles. The van der Waals surface area contributed by atoms with Crippen LogP contribution in [0.3, 0.4) is 0 Å². The van der Waals surface area contributed by atoms with Crippen LogP contribution < -0.4 is 4.74 Å². The lowest BCUT2D eigenvalue weighted by molar-refractivity contribution is -0.128. The molecule has 0 radical (unpaired) electrons. The molecule has 122 valence electrons. The standard InChI is InChI=1S/C17H21N3O3/c1-11(2)22-15-6-4-13(5-7-15)9-20-10-14(8-16(20)21)17-18-12(3)19-23-17/h4-7,11,14H,8-10H2,1-3H3. The molecule has 1 amide bonds. The summed E-state index contributed by atoms with van der Waals surface area (Å²) in [5, 5.41) is 3.80. The molecule has 1 atom stereocenters. The first-order chi connectivity index (χ1) is 11.0. The largest absolute Gasteiger partial charge is 0.491 e. The number of carbonyl (C=O) groups excluding carboxylic acids is 1. The molecule has 1 aliphatic heterocycles. The van der Waals surface area contributed by atoms with E-state index in [0.29, 0.717) is 31.2 Å². The van der Waals surface area contributed by atoms with Crippen LogP contribution in [0.1, 0.15) is 43.5 Å². The molecule has 1 fully saturated rings. The summed E-state index contributed by atoms with van der Waals surface area (Å²) in [4.78, 5) is 18.3. The van der Waals surface area contributed by atoms with Gasteiger partial charge < -0.3 is 14.2 Å². The zero-order chi connectivity index (χ0) is 16.4. The number of carbonyl (C=O) groups is 1. The molecule has 0 N–H and O–H groups in total. The molecule has 2 heterocycles. The molecule has 1 saturated heterocycles. The Morgan fingerprint density at radius 2 is 2.09 bits per heavy atom. The van der Waals surface area contributed by atoms with Crippen LogP contribution in [0.5, 0.6) is 5.75 Å². The lowest BCUT2D eigenvalue weighted by Crippen LogP contribution is -2.24. The fourth-order valence-corrected chi connectivity index (χ4v) is 2.74. The zero-order valence-electron chi connectivity index (χ0n) is 13.7. The van der Waals surface area contributed by atoms with Crippen LogP contribution in [-0.2, 0) is 11.3 Å². The first-order valence-electron chi connectivity index (χ1n) is 7.85. The van der Waals surface area contributed by atoms with Gasteiger partial charge in [0.1, 0.15) is 5.75 Å². The number of nitrogens with zero attached hydrogens (tertiary/aromatic N) is 3. The van der Waals surface area contributed by atoms with E-state index in [9.17, 15) is 4.79 Å². The van der Waals surface area contributed by atoms with Crippen LogP contribution in [0, 0.1) is 6.92 Å². The van der Waals surface area contributed by atoms with Gasteiger partial charge in [-0.2, -0.15) is 4.98 Å². The van der Waals surface area contributed by atoms with Gasteiger partial charge in [-0.1, -0.05) is 17.3 Å². The predicted molar refractivity (Wildman–Crippen MR) is 84.0 cm³/mol. The molecule has 1 aliphatic rings. The third kappa shape index (κ3) is 3.70. The second-order valence-electron chi connectivity index (χ2n) is 6.17. The molecule has 6 nitrogen and oxygen atoms in total. The predicted octanol–water partition coefficient (Wildman–Crippen LogP) is 2.68. The molecule has 3 rings (SSSR count). The first-order valence-corrected chi connectivity index (χ1v) is 7.85. The van der Waals surface area contributed by atoms with Gasteiger partial charge in [0.2, 0.25) is 11.8 Å². The van der Waals surface area contributed by atoms with Crippen molar-refractivity contribution < 1.29 is 14.1 Å². The van der Waals surface area contributed by atoms with Gasteiger partial charge >= 0.3 is 0 Å². The summed E-state index contributed by atoms with van der Waals surface area (Å²) in [5.74, 6) is 2.11. The molecule has 0 bridgehead atoms. The molecule has 0 spiro atoms. The maximum absolute atomic E-state index is 12.2. The van der Waals surface area contributed by atoms with Gasteiger partial charge in [-0.3, -0.25) is 4.79 Å². The van der Waals surface area contributed by atoms with Gasteiger partial charge in [-0.25, -0.2) is 0 Å². The summed E-state index contributed by atoms with van der Waals surface area (Å²) >= 11 is 0. The van der Waals surface area contributed by atoms with Crippen molar-refractivity contribution >= 4 is 5.91 Å². The Kier molecular flexibility index (Phi) is 4.32. The van der Waals surface area contributed by atoms with Gasteiger partial charge in [0.25, 0.3) is 0 Å². The Morgan fingerprint density at radius 3 is 2.70 bits per heavy atom. The van der Waals surface area contributed by atoms with E-state index in [1.807, 2.05) is 43.0 Å². The van der Waals surface area contributed by atoms with Crippen LogP contribution in [0.2, 0.25) is 0 Å². The lowest BCUT2D eigenvalue weighted by Gasteiger charge is -2.16. The van der Waals surface area contributed by atoms with Crippen LogP contribution in [0.25, 0.3) is 0 Å². The van der Waals surface area contributed by atoms with Crippen LogP contribution in [-0.4, -0.2) is 33.6 Å². The van der Waals surface area contributed by atoms with Crippen molar-refractivity contribution in [1.82, 2.24) is 15.0 Å². The van der Waals surface area contributed by atoms with Crippen molar-refractivity contribution in [2.24, 2.45) is 0 Å². The van der Waals surface area contributed by atoms with Gasteiger partial charge in [-0.05, 0) is 38.5 Å². The summed E-state index contributed by atoms with van der Waals surface area (Å²) in [6.07, 6.45) is 0.579. The second kappa shape index (κ2) is 6.40. The van der Waals surface area contributed by atoms with E-state index in [1.54, 1.807) is 6.92 Å². The quantitative estimate of drug-likeness (QED) is 0.848. The number of benzene rings is 1. The van der Waals surface area contributed by atoms with Gasteiger partial charge in [-0.15, -0.1) is 0 Å². The molecule has 1 unspecified atom stereocenters. The highest BCUT2D eigenvalue weighted by Gasteiger charge is 2.33. The van der Waals surface area contributed by atoms with Crippen LogP contribution >= 0.6 is 0 Å². The number of aryl methyl sites for hydroxylation is 1. The second-order valence-corrected chi connectivity index (χ2v) is 6.17.